The van der Waals surface area contributed by atoms with Crippen molar-refractivity contribution in [3.63, 3.8) is 0 Å². The monoisotopic (exact) mass is 234 g/mol. The van der Waals surface area contributed by atoms with Gasteiger partial charge in [0.05, 0.1) is 12.7 Å². The number of hydrogen-bond acceptors (Lipinski definition) is 1. The van der Waals surface area contributed by atoms with Crippen molar-refractivity contribution in [1.82, 2.24) is 0 Å². The highest BCUT2D eigenvalue weighted by atomic mass is 16.6. The van der Waals surface area contributed by atoms with E-state index in [1.807, 2.05) is 0 Å². The molecule has 1 nitrogen and oxygen atoms in total. The van der Waals surface area contributed by atoms with Gasteiger partial charge in [0.15, 0.2) is 0 Å². The molecule has 96 valence electrons. The predicted octanol–water partition coefficient (Wildman–Crippen LogP) is 3.87. The maximum atomic E-state index is 5.73. The molecule has 1 aliphatic heterocycles. The molecule has 0 N–H and O–H groups in total. The van der Waals surface area contributed by atoms with E-state index in [0.717, 1.165) is 30.3 Å². The van der Waals surface area contributed by atoms with Crippen LogP contribution in [-0.4, -0.2) is 12.7 Å². The van der Waals surface area contributed by atoms with E-state index in [1.165, 1.54) is 32.1 Å². The fourth-order valence-electron chi connectivity index (χ4n) is 6.44. The van der Waals surface area contributed by atoms with Gasteiger partial charge in [-0.2, -0.15) is 0 Å². The van der Waals surface area contributed by atoms with Crippen LogP contribution in [0.2, 0.25) is 0 Å². The minimum atomic E-state index is 0.591. The van der Waals surface area contributed by atoms with Crippen molar-refractivity contribution < 1.29 is 4.74 Å². The average molecular weight is 234 g/mol. The topological polar surface area (TPSA) is 12.5 Å². The molecule has 0 amide bonds. The van der Waals surface area contributed by atoms with E-state index < -0.39 is 0 Å². The summed E-state index contributed by atoms with van der Waals surface area (Å²) in [4.78, 5) is 0. The van der Waals surface area contributed by atoms with Gasteiger partial charge in [-0.05, 0) is 60.2 Å². The average Bonchev–Trinajstić information content (AvgIpc) is 2.91. The Hall–Kier alpha value is -0.0400. The molecule has 4 aliphatic rings. The van der Waals surface area contributed by atoms with Crippen molar-refractivity contribution in [3.8, 4) is 0 Å². The smallest absolute Gasteiger partial charge is 0.0846 e. The van der Waals surface area contributed by atoms with Crippen molar-refractivity contribution in [2.24, 2.45) is 34.5 Å². The molecule has 1 saturated heterocycles. The largest absolute Gasteiger partial charge is 0.373 e. The van der Waals surface area contributed by atoms with Crippen LogP contribution in [-0.2, 0) is 4.74 Å². The first-order chi connectivity index (χ1) is 8.04. The van der Waals surface area contributed by atoms with Crippen LogP contribution in [0.25, 0.3) is 0 Å². The normalized spacial score (nSPS) is 59.1. The van der Waals surface area contributed by atoms with Gasteiger partial charge in [0.2, 0.25) is 0 Å². The third-order valence-electron chi connectivity index (χ3n) is 6.97. The minimum Gasteiger partial charge on any atom is -0.373 e. The van der Waals surface area contributed by atoms with Crippen LogP contribution in [0.1, 0.15) is 52.9 Å². The lowest BCUT2D eigenvalue weighted by molar-refractivity contribution is 0.0621. The number of epoxide rings is 1. The Morgan fingerprint density at radius 2 is 1.76 bits per heavy atom. The van der Waals surface area contributed by atoms with Gasteiger partial charge >= 0.3 is 0 Å². The number of hydrogen-bond donors (Lipinski definition) is 0. The van der Waals surface area contributed by atoms with Crippen LogP contribution in [0, 0.1) is 34.5 Å². The molecule has 1 heterocycles. The van der Waals surface area contributed by atoms with Gasteiger partial charge in [0.25, 0.3) is 0 Å². The molecule has 17 heavy (non-hydrogen) atoms. The van der Waals surface area contributed by atoms with Crippen LogP contribution in [0.5, 0.6) is 0 Å². The van der Waals surface area contributed by atoms with Crippen molar-refractivity contribution in [3.05, 3.63) is 0 Å². The van der Waals surface area contributed by atoms with E-state index in [1.54, 1.807) is 0 Å². The summed E-state index contributed by atoms with van der Waals surface area (Å²) in [6.07, 6.45) is 8.03. The molecule has 6 atom stereocenters. The van der Waals surface area contributed by atoms with E-state index >= 15 is 0 Å². The number of ether oxygens (including phenoxy) is 1. The molecule has 0 aromatic rings. The van der Waals surface area contributed by atoms with Crippen molar-refractivity contribution in [2.45, 2.75) is 59.0 Å². The second-order valence-electron chi connectivity index (χ2n) is 8.12. The molecule has 0 aromatic carbocycles. The SMILES string of the molecule is CC1(C)CCC[C@@]2(C)[C@@H]3CC[C@@H]([C@H]31)[C@@H]2C1CO1. The second kappa shape index (κ2) is 3.10. The van der Waals surface area contributed by atoms with Crippen LogP contribution in [0.3, 0.4) is 0 Å². The standard InChI is InChI=1S/C16H26O/c1-15(2)7-4-8-16(3)11-6-5-10(13(11)15)14(16)12-9-17-12/h10-14H,4-9H2,1-3H3/t10-,11+,12?,13+,14+,16-/m0/s1. The van der Waals surface area contributed by atoms with E-state index in [4.69, 9.17) is 4.74 Å². The molecule has 0 radical (unpaired) electrons. The van der Waals surface area contributed by atoms with Gasteiger partial charge in [-0.3, -0.25) is 0 Å². The maximum absolute atomic E-state index is 5.73. The lowest BCUT2D eigenvalue weighted by Crippen LogP contribution is -2.37. The van der Waals surface area contributed by atoms with Crippen molar-refractivity contribution >= 4 is 0 Å². The lowest BCUT2D eigenvalue weighted by atomic mass is 9.63. The minimum absolute atomic E-state index is 0.591. The van der Waals surface area contributed by atoms with Gasteiger partial charge in [0.1, 0.15) is 0 Å². The summed E-state index contributed by atoms with van der Waals surface area (Å²) >= 11 is 0. The first-order valence-electron chi connectivity index (χ1n) is 7.66. The van der Waals surface area contributed by atoms with Crippen LogP contribution < -0.4 is 0 Å². The Balaban J connectivity index is 1.79. The molecular formula is C16H26O. The second-order valence-corrected chi connectivity index (χ2v) is 8.12. The Bertz CT molecular complexity index is 343. The first kappa shape index (κ1) is 10.8. The Labute approximate surface area is 105 Å². The van der Waals surface area contributed by atoms with E-state index in [-0.39, 0.29) is 0 Å². The quantitative estimate of drug-likeness (QED) is 0.627. The highest BCUT2D eigenvalue weighted by molar-refractivity contribution is 5.15. The van der Waals surface area contributed by atoms with Gasteiger partial charge in [-0.15, -0.1) is 0 Å². The Kier molecular flexibility index (Phi) is 1.98. The lowest BCUT2D eigenvalue weighted by Gasteiger charge is -2.41. The molecule has 3 aliphatic carbocycles. The third kappa shape index (κ3) is 1.25. The molecule has 4 rings (SSSR count). The van der Waals surface area contributed by atoms with E-state index in [9.17, 15) is 0 Å². The van der Waals surface area contributed by atoms with Crippen LogP contribution in [0.4, 0.5) is 0 Å². The highest BCUT2D eigenvalue weighted by Gasteiger charge is 2.67. The van der Waals surface area contributed by atoms with Gasteiger partial charge in [-0.1, -0.05) is 27.2 Å². The van der Waals surface area contributed by atoms with E-state index in [2.05, 4.69) is 20.8 Å². The maximum Gasteiger partial charge on any atom is 0.0846 e. The zero-order valence-corrected chi connectivity index (χ0v) is 11.5. The summed E-state index contributed by atoms with van der Waals surface area (Å²) in [5.74, 6) is 3.92. The first-order valence-corrected chi connectivity index (χ1v) is 7.66. The molecule has 3 saturated carbocycles. The summed E-state index contributed by atoms with van der Waals surface area (Å²) in [6.45, 7) is 8.77. The summed E-state index contributed by atoms with van der Waals surface area (Å²) < 4.78 is 5.73. The molecule has 0 spiro atoms. The summed E-state index contributed by atoms with van der Waals surface area (Å²) in [5, 5.41) is 0. The zero-order valence-electron chi connectivity index (χ0n) is 11.5. The van der Waals surface area contributed by atoms with E-state index in [0.29, 0.717) is 16.9 Å². The third-order valence-corrected chi connectivity index (χ3v) is 6.97. The molecule has 4 bridgehead atoms. The van der Waals surface area contributed by atoms with Gasteiger partial charge in [0, 0.05) is 0 Å². The Morgan fingerprint density at radius 1 is 1.00 bits per heavy atom. The summed E-state index contributed by atoms with van der Waals surface area (Å²) in [7, 11) is 0. The summed E-state index contributed by atoms with van der Waals surface area (Å²) in [6, 6.07) is 0. The molecule has 0 aromatic heterocycles. The Morgan fingerprint density at radius 3 is 2.47 bits per heavy atom. The van der Waals surface area contributed by atoms with Gasteiger partial charge < -0.3 is 4.74 Å². The zero-order chi connectivity index (χ0) is 11.8. The fourth-order valence-corrected chi connectivity index (χ4v) is 6.44. The molecule has 1 unspecified atom stereocenters. The molecule has 1 heteroatoms. The predicted molar refractivity (Wildman–Crippen MR) is 68.7 cm³/mol. The van der Waals surface area contributed by atoms with Gasteiger partial charge in [-0.25, -0.2) is 0 Å². The number of rotatable bonds is 1. The van der Waals surface area contributed by atoms with Crippen LogP contribution in [0.15, 0.2) is 0 Å². The summed E-state index contributed by atoms with van der Waals surface area (Å²) in [5.41, 5.74) is 1.22. The van der Waals surface area contributed by atoms with Crippen LogP contribution >= 0.6 is 0 Å². The van der Waals surface area contributed by atoms with Crippen molar-refractivity contribution in [1.29, 1.82) is 0 Å². The fraction of sp³-hybridized carbons (Fsp3) is 1.00. The molecule has 4 fully saturated rings. The van der Waals surface area contributed by atoms with Crippen molar-refractivity contribution in [2.75, 3.05) is 6.61 Å². The highest BCUT2D eigenvalue weighted by Crippen LogP contribution is 2.72. The molecular weight excluding hydrogens is 208 g/mol.